The summed E-state index contributed by atoms with van der Waals surface area (Å²) >= 11 is 8.79. The van der Waals surface area contributed by atoms with Crippen LogP contribution >= 0.6 is 47.0 Å². The van der Waals surface area contributed by atoms with Gasteiger partial charge >= 0.3 is 0 Å². The van der Waals surface area contributed by atoms with Crippen molar-refractivity contribution in [1.29, 1.82) is 0 Å². The van der Waals surface area contributed by atoms with Crippen LogP contribution in [-0.4, -0.2) is 86.4 Å². The van der Waals surface area contributed by atoms with Crippen molar-refractivity contribution in [3.63, 3.8) is 0 Å². The van der Waals surface area contributed by atoms with Crippen LogP contribution in [0.2, 0.25) is 34.8 Å². The standard InChI is InChI=1S/C57H100O5S4Si2/c1-20-43(8)33-46(11)57(65-31-22-32-66-57)38-54(61-67(18,19)55(13,14)15)44(9)34-47(12)56(63-29-21-30-64-56)37-53(60-39-48-23-26-50(58-16)27-24-48)45(10)35-49-25-28-51(52(36-49)59-17)62-68(40(2)3,41(4)5)42(6)7/h1,23-24,26-27,34,40-43,45-47,49,51-54H,21-22,25,28-33,35-39H2,2-19H3/b44-34+/t43-,45-,46-,47-,49+,51-,52-,53+,54+/m1/s1. The van der Waals surface area contributed by atoms with Crippen LogP contribution < -0.4 is 4.74 Å². The van der Waals surface area contributed by atoms with Crippen molar-refractivity contribution in [2.24, 2.45) is 29.6 Å². The van der Waals surface area contributed by atoms with E-state index in [0.29, 0.717) is 46.9 Å². The topological polar surface area (TPSA) is 46.2 Å². The zero-order chi connectivity index (χ0) is 50.7. The number of rotatable bonds is 25. The summed E-state index contributed by atoms with van der Waals surface area (Å²) in [7, 11) is -0.508. The number of hydrogen-bond acceptors (Lipinski definition) is 9. The van der Waals surface area contributed by atoms with Gasteiger partial charge in [0, 0.05) is 19.4 Å². The van der Waals surface area contributed by atoms with Crippen LogP contribution in [0.1, 0.15) is 160 Å². The Hall–Kier alpha value is -0.00623. The molecule has 3 fully saturated rings. The molecule has 0 spiro atoms. The van der Waals surface area contributed by atoms with Crippen molar-refractivity contribution >= 4 is 63.7 Å². The minimum Gasteiger partial charge on any atom is -0.497 e. The zero-order valence-corrected chi connectivity index (χ0v) is 51.7. The molecule has 0 radical (unpaired) electrons. The summed E-state index contributed by atoms with van der Waals surface area (Å²) in [5.41, 5.74) is 4.28. The molecule has 5 nitrogen and oxygen atoms in total. The Morgan fingerprint density at radius 1 is 0.809 bits per heavy atom. The van der Waals surface area contributed by atoms with Gasteiger partial charge in [-0.05, 0) is 163 Å². The number of terminal acetylenes is 1. The van der Waals surface area contributed by atoms with Crippen LogP contribution in [0.4, 0.5) is 0 Å². The van der Waals surface area contributed by atoms with E-state index in [1.807, 2.05) is 7.11 Å². The Morgan fingerprint density at radius 2 is 1.37 bits per heavy atom. The monoisotopic (exact) mass is 1050 g/mol. The average molecular weight is 1050 g/mol. The second-order valence-electron chi connectivity index (χ2n) is 23.7. The molecule has 2 aliphatic heterocycles. The molecular weight excluding hydrogens is 949 g/mol. The van der Waals surface area contributed by atoms with E-state index >= 15 is 0 Å². The first-order valence-electron chi connectivity index (χ1n) is 26.7. The van der Waals surface area contributed by atoms with Gasteiger partial charge in [0.15, 0.2) is 8.32 Å². The van der Waals surface area contributed by atoms with Gasteiger partial charge in [-0.15, -0.1) is 59.4 Å². The lowest BCUT2D eigenvalue weighted by atomic mass is 9.78. The van der Waals surface area contributed by atoms with Gasteiger partial charge in [0.2, 0.25) is 8.32 Å². The van der Waals surface area contributed by atoms with Crippen molar-refractivity contribution in [2.45, 2.75) is 229 Å². The average Bonchev–Trinajstić information content (AvgIpc) is 3.29. The van der Waals surface area contributed by atoms with E-state index in [-0.39, 0.29) is 43.5 Å². The SMILES string of the molecule is C#C[C@@H](C)C[C@@H](C)C1(C[C@H](O[Si](C)(C)C(C)(C)C)/C(C)=C/[C@@H](C)C2(C[C@H](OCc3ccc(OC)cc3)[C@H](C)C[C@@H]3CC[C@@H](O[Si](C(C)C)(C(C)C)C(C)C)[C@H](OC)C3)SCCCS2)SCCCS1. The lowest BCUT2D eigenvalue weighted by molar-refractivity contribution is -0.0556. The highest BCUT2D eigenvalue weighted by atomic mass is 32.2. The Labute approximate surface area is 438 Å². The smallest absolute Gasteiger partial charge is 0.200 e. The second kappa shape index (κ2) is 27.0. The number of hydrogen-bond donors (Lipinski definition) is 0. The first-order valence-corrected chi connectivity index (χ1v) is 35.7. The Balaban J connectivity index is 1.68. The molecule has 9 atom stereocenters. The minimum absolute atomic E-state index is 0.0134. The third kappa shape index (κ3) is 15.8. The third-order valence-corrected chi connectivity index (χ3v) is 35.0. The molecule has 0 amide bonds. The number of thioether (sulfide) groups is 4. The minimum atomic E-state index is -2.13. The molecule has 4 rings (SSSR count). The second-order valence-corrected chi connectivity index (χ2v) is 40.1. The number of allylic oxidation sites excluding steroid dienone is 1. The molecule has 2 heterocycles. The molecule has 3 aliphatic rings. The molecule has 0 N–H and O–H groups in total. The summed E-state index contributed by atoms with van der Waals surface area (Å²) in [5, 5.41) is 0.111. The quantitative estimate of drug-likeness (QED) is 0.0541. The fourth-order valence-corrected chi connectivity index (χ4v) is 25.6. The summed E-state index contributed by atoms with van der Waals surface area (Å²) in [6, 6.07) is 8.46. The molecule has 1 saturated carbocycles. The molecule has 0 bridgehead atoms. The van der Waals surface area contributed by atoms with E-state index in [0.717, 1.165) is 44.3 Å². The van der Waals surface area contributed by atoms with Crippen molar-refractivity contribution in [2.75, 3.05) is 37.2 Å². The number of benzene rings is 1. The largest absolute Gasteiger partial charge is 0.497 e. The normalized spacial score (nSPS) is 24.6. The van der Waals surface area contributed by atoms with E-state index in [4.69, 9.17) is 29.5 Å². The van der Waals surface area contributed by atoms with Crippen molar-refractivity contribution in [3.05, 3.63) is 41.5 Å². The highest BCUT2D eigenvalue weighted by Gasteiger charge is 2.50. The maximum atomic E-state index is 7.63. The summed E-state index contributed by atoms with van der Waals surface area (Å²) in [4.78, 5) is 0. The van der Waals surface area contributed by atoms with E-state index in [2.05, 4.69) is 193 Å². The zero-order valence-electron chi connectivity index (χ0n) is 46.5. The first-order chi connectivity index (χ1) is 31.9. The van der Waals surface area contributed by atoms with Crippen molar-refractivity contribution in [1.82, 2.24) is 0 Å². The highest BCUT2D eigenvalue weighted by molar-refractivity contribution is 8.19. The molecule has 11 heteroatoms. The summed E-state index contributed by atoms with van der Waals surface area (Å²) in [6.45, 7) is 39.2. The molecule has 390 valence electrons. The third-order valence-electron chi connectivity index (χ3n) is 16.8. The Morgan fingerprint density at radius 3 is 1.87 bits per heavy atom. The summed E-state index contributed by atoms with van der Waals surface area (Å²) in [6.07, 6.45) is 19.2. The van der Waals surface area contributed by atoms with Crippen LogP contribution in [0.3, 0.4) is 0 Å². The number of ether oxygens (including phenoxy) is 3. The lowest BCUT2D eigenvalue weighted by Crippen LogP contribution is -2.53. The van der Waals surface area contributed by atoms with Gasteiger partial charge in [-0.2, -0.15) is 0 Å². The molecule has 1 aromatic rings. The van der Waals surface area contributed by atoms with Crippen molar-refractivity contribution < 1.29 is 23.1 Å². The molecule has 1 aromatic carbocycles. The van der Waals surface area contributed by atoms with Gasteiger partial charge in [0.25, 0.3) is 0 Å². The fourth-order valence-electron chi connectivity index (χ4n) is 11.6. The van der Waals surface area contributed by atoms with Crippen LogP contribution in [-0.2, 0) is 24.9 Å². The highest BCUT2D eigenvalue weighted by Crippen LogP contribution is 2.56. The molecule has 0 unspecified atom stereocenters. The molecule has 68 heavy (non-hydrogen) atoms. The first kappa shape index (κ1) is 60.5. The van der Waals surface area contributed by atoms with Crippen LogP contribution in [0, 0.1) is 41.9 Å². The van der Waals surface area contributed by atoms with Crippen LogP contribution in [0.5, 0.6) is 5.75 Å². The van der Waals surface area contributed by atoms with Gasteiger partial charge in [0.1, 0.15) is 5.75 Å². The maximum absolute atomic E-state index is 7.63. The van der Waals surface area contributed by atoms with Gasteiger partial charge in [-0.3, -0.25) is 0 Å². The predicted octanol–water partition coefficient (Wildman–Crippen LogP) is 17.2. The van der Waals surface area contributed by atoms with Gasteiger partial charge in [-0.25, -0.2) is 0 Å². The Kier molecular flexibility index (Phi) is 24.0. The van der Waals surface area contributed by atoms with Crippen LogP contribution in [0.25, 0.3) is 0 Å². The van der Waals surface area contributed by atoms with E-state index in [1.54, 1.807) is 7.11 Å². The maximum Gasteiger partial charge on any atom is 0.200 e. The summed E-state index contributed by atoms with van der Waals surface area (Å²) < 4.78 is 34.3. The van der Waals surface area contributed by atoms with Gasteiger partial charge in [-0.1, -0.05) is 108 Å². The predicted molar refractivity (Wildman–Crippen MR) is 310 cm³/mol. The molecule has 1 aliphatic carbocycles. The summed E-state index contributed by atoms with van der Waals surface area (Å²) in [5.74, 6) is 10.7. The van der Waals surface area contributed by atoms with Crippen LogP contribution in [0.15, 0.2) is 35.9 Å². The lowest BCUT2D eigenvalue weighted by Gasteiger charge is -2.48. The van der Waals surface area contributed by atoms with Gasteiger partial charge in [0.05, 0.1) is 46.3 Å². The molecular formula is C57H100O5S4Si2. The fraction of sp³-hybridized carbons (Fsp3) is 0.825. The molecule has 0 aromatic heterocycles. The number of methoxy groups -OCH3 is 2. The Bertz CT molecular complexity index is 1690. The van der Waals surface area contributed by atoms with Gasteiger partial charge < -0.3 is 23.1 Å². The van der Waals surface area contributed by atoms with E-state index in [9.17, 15) is 0 Å². The van der Waals surface area contributed by atoms with Crippen molar-refractivity contribution in [3.8, 4) is 18.1 Å². The van der Waals surface area contributed by atoms with E-state index in [1.165, 1.54) is 53.4 Å². The molecule has 2 saturated heterocycles. The van der Waals surface area contributed by atoms with E-state index < -0.39 is 16.6 Å².